The van der Waals surface area contributed by atoms with Gasteiger partial charge in [-0.15, -0.1) is 0 Å². The fourth-order valence-electron chi connectivity index (χ4n) is 3.62. The maximum atomic E-state index is 12.4. The van der Waals surface area contributed by atoms with Crippen LogP contribution in [0.3, 0.4) is 0 Å². The second-order valence-corrected chi connectivity index (χ2v) is 6.07. The van der Waals surface area contributed by atoms with E-state index in [0.29, 0.717) is 31.7 Å². The molecule has 1 amide bonds. The van der Waals surface area contributed by atoms with Crippen LogP contribution in [0.1, 0.15) is 51.9 Å². The van der Waals surface area contributed by atoms with Crippen LogP contribution in [-0.4, -0.2) is 47.1 Å². The van der Waals surface area contributed by atoms with Gasteiger partial charge in [0.2, 0.25) is 5.91 Å². The number of carboxylic acids is 1. The Morgan fingerprint density at radius 3 is 2.65 bits per heavy atom. The van der Waals surface area contributed by atoms with E-state index in [-0.39, 0.29) is 5.91 Å². The highest BCUT2D eigenvalue weighted by atomic mass is 16.4. The number of rotatable bonds is 5. The number of nitrogens with zero attached hydrogens (tertiary/aromatic N) is 1. The molecule has 0 aromatic heterocycles. The van der Waals surface area contributed by atoms with Crippen molar-refractivity contribution < 1.29 is 14.7 Å². The average Bonchev–Trinajstić information content (AvgIpc) is 2.91. The molecule has 0 spiro atoms. The zero-order valence-electron chi connectivity index (χ0n) is 12.4. The molecule has 5 heteroatoms. The van der Waals surface area contributed by atoms with E-state index >= 15 is 0 Å². The molecule has 0 saturated carbocycles. The molecule has 2 aliphatic rings. The largest absolute Gasteiger partial charge is 0.479 e. The highest BCUT2D eigenvalue weighted by Crippen LogP contribution is 2.34. The number of hydrogen-bond acceptors (Lipinski definition) is 3. The van der Waals surface area contributed by atoms with Crippen molar-refractivity contribution >= 4 is 11.9 Å². The summed E-state index contributed by atoms with van der Waals surface area (Å²) in [5.74, 6) is -0.193. The molecule has 1 atom stereocenters. The van der Waals surface area contributed by atoms with Crippen molar-refractivity contribution in [3.05, 3.63) is 0 Å². The molecule has 20 heavy (non-hydrogen) atoms. The van der Waals surface area contributed by atoms with Crippen molar-refractivity contribution in [3.8, 4) is 0 Å². The van der Waals surface area contributed by atoms with E-state index in [4.69, 9.17) is 0 Å². The number of carbonyl (C=O) groups is 2. The van der Waals surface area contributed by atoms with Crippen molar-refractivity contribution in [2.75, 3.05) is 19.6 Å². The molecule has 5 nitrogen and oxygen atoms in total. The number of nitrogens with one attached hydrogen (secondary N) is 1. The van der Waals surface area contributed by atoms with Crippen LogP contribution in [0.25, 0.3) is 0 Å². The van der Waals surface area contributed by atoms with Crippen LogP contribution in [0.15, 0.2) is 0 Å². The summed E-state index contributed by atoms with van der Waals surface area (Å²) in [4.78, 5) is 25.6. The van der Waals surface area contributed by atoms with Crippen molar-refractivity contribution in [1.82, 2.24) is 10.2 Å². The molecule has 114 valence electrons. The molecule has 2 N–H and O–H groups in total. The first-order valence-corrected chi connectivity index (χ1v) is 7.84. The first kappa shape index (κ1) is 15.3. The predicted octanol–water partition coefficient (Wildman–Crippen LogP) is 1.62. The van der Waals surface area contributed by atoms with Gasteiger partial charge in [-0.3, -0.25) is 4.79 Å². The molecule has 0 aromatic carbocycles. The normalized spacial score (nSPS) is 27.8. The molecule has 2 rings (SSSR count). The van der Waals surface area contributed by atoms with Gasteiger partial charge >= 0.3 is 5.97 Å². The Hall–Kier alpha value is -1.10. The first-order chi connectivity index (χ1) is 9.60. The minimum absolute atomic E-state index is 0.0327. The average molecular weight is 282 g/mol. The third-order valence-corrected chi connectivity index (χ3v) is 5.00. The highest BCUT2D eigenvalue weighted by Gasteiger charge is 2.48. The molecular weight excluding hydrogens is 256 g/mol. The summed E-state index contributed by atoms with van der Waals surface area (Å²) in [6, 6.07) is 0. The van der Waals surface area contributed by atoms with Crippen molar-refractivity contribution in [2.45, 2.75) is 57.4 Å². The van der Waals surface area contributed by atoms with E-state index < -0.39 is 11.5 Å². The number of carboxylic acid groups (broad SMARTS) is 1. The summed E-state index contributed by atoms with van der Waals surface area (Å²) in [5, 5.41) is 12.8. The molecule has 1 unspecified atom stereocenters. The van der Waals surface area contributed by atoms with Gasteiger partial charge < -0.3 is 15.3 Å². The molecule has 0 aromatic rings. The standard InChI is InChI=1S/C15H26N2O3/c1-2-15(14(19)20)8-3-11-17(15)13(18)5-4-12-6-9-16-10-7-12/h12,16H,2-11H2,1H3,(H,19,20). The smallest absolute Gasteiger partial charge is 0.329 e. The fraction of sp³-hybridized carbons (Fsp3) is 0.867. The lowest BCUT2D eigenvalue weighted by molar-refractivity contribution is -0.157. The third-order valence-electron chi connectivity index (χ3n) is 5.00. The zero-order chi connectivity index (χ0) is 14.6. The minimum atomic E-state index is -0.939. The molecule has 2 saturated heterocycles. The lowest BCUT2D eigenvalue weighted by Crippen LogP contribution is -2.52. The number of aliphatic carboxylic acids is 1. The van der Waals surface area contributed by atoms with Gasteiger partial charge in [0.1, 0.15) is 5.54 Å². The Morgan fingerprint density at radius 1 is 1.35 bits per heavy atom. The van der Waals surface area contributed by atoms with Crippen LogP contribution in [0.4, 0.5) is 0 Å². The van der Waals surface area contributed by atoms with Crippen LogP contribution >= 0.6 is 0 Å². The molecule has 2 heterocycles. The SMILES string of the molecule is CCC1(C(=O)O)CCCN1C(=O)CCC1CCNCC1. The van der Waals surface area contributed by atoms with E-state index in [1.807, 2.05) is 6.92 Å². The Bertz CT molecular complexity index is 366. The zero-order valence-corrected chi connectivity index (χ0v) is 12.4. The summed E-state index contributed by atoms with van der Waals surface area (Å²) in [5.41, 5.74) is -0.939. The Labute approximate surface area is 120 Å². The Balaban J connectivity index is 1.92. The molecule has 0 aliphatic carbocycles. The van der Waals surface area contributed by atoms with Crippen LogP contribution < -0.4 is 5.32 Å². The van der Waals surface area contributed by atoms with Gasteiger partial charge in [0.15, 0.2) is 0 Å². The summed E-state index contributed by atoms with van der Waals surface area (Å²) in [7, 11) is 0. The quantitative estimate of drug-likeness (QED) is 0.804. The number of piperidine rings is 1. The van der Waals surface area contributed by atoms with Gasteiger partial charge in [0.25, 0.3) is 0 Å². The summed E-state index contributed by atoms with van der Waals surface area (Å²) in [6.07, 6.45) is 5.56. The number of hydrogen-bond donors (Lipinski definition) is 2. The summed E-state index contributed by atoms with van der Waals surface area (Å²) >= 11 is 0. The van der Waals surface area contributed by atoms with Gasteiger partial charge in [-0.1, -0.05) is 6.92 Å². The van der Waals surface area contributed by atoms with Crippen molar-refractivity contribution in [1.29, 1.82) is 0 Å². The number of likely N-dealkylation sites (tertiary alicyclic amines) is 1. The molecule has 2 aliphatic heterocycles. The van der Waals surface area contributed by atoms with Crippen LogP contribution in [-0.2, 0) is 9.59 Å². The fourth-order valence-corrected chi connectivity index (χ4v) is 3.62. The minimum Gasteiger partial charge on any atom is -0.479 e. The third kappa shape index (κ3) is 2.97. The molecule has 0 radical (unpaired) electrons. The van der Waals surface area contributed by atoms with Crippen molar-refractivity contribution in [2.24, 2.45) is 5.92 Å². The Kier molecular flexibility index (Phi) is 5.02. The maximum absolute atomic E-state index is 12.4. The van der Waals surface area contributed by atoms with Crippen LogP contribution in [0.5, 0.6) is 0 Å². The van der Waals surface area contributed by atoms with Gasteiger partial charge in [-0.25, -0.2) is 4.79 Å². The van der Waals surface area contributed by atoms with E-state index in [9.17, 15) is 14.7 Å². The van der Waals surface area contributed by atoms with Gasteiger partial charge in [0.05, 0.1) is 0 Å². The van der Waals surface area contributed by atoms with E-state index in [0.717, 1.165) is 38.8 Å². The van der Waals surface area contributed by atoms with E-state index in [2.05, 4.69) is 5.32 Å². The first-order valence-electron chi connectivity index (χ1n) is 7.84. The second kappa shape index (κ2) is 6.57. The van der Waals surface area contributed by atoms with Crippen LogP contribution in [0.2, 0.25) is 0 Å². The highest BCUT2D eigenvalue weighted by molar-refractivity contribution is 5.87. The lowest BCUT2D eigenvalue weighted by Gasteiger charge is -2.34. The summed E-state index contributed by atoms with van der Waals surface area (Å²) in [6.45, 7) is 4.55. The van der Waals surface area contributed by atoms with Gasteiger partial charge in [0, 0.05) is 13.0 Å². The molecule has 0 bridgehead atoms. The Morgan fingerprint density at radius 2 is 2.05 bits per heavy atom. The maximum Gasteiger partial charge on any atom is 0.329 e. The monoisotopic (exact) mass is 282 g/mol. The topological polar surface area (TPSA) is 69.6 Å². The lowest BCUT2D eigenvalue weighted by atomic mass is 9.91. The van der Waals surface area contributed by atoms with Crippen molar-refractivity contribution in [3.63, 3.8) is 0 Å². The predicted molar refractivity (Wildman–Crippen MR) is 76.4 cm³/mol. The van der Waals surface area contributed by atoms with E-state index in [1.165, 1.54) is 0 Å². The molecule has 2 fully saturated rings. The van der Waals surface area contributed by atoms with Gasteiger partial charge in [-0.2, -0.15) is 0 Å². The van der Waals surface area contributed by atoms with Gasteiger partial charge in [-0.05, 0) is 57.5 Å². The number of amides is 1. The molecular formula is C15H26N2O3. The number of carbonyl (C=O) groups excluding carboxylic acids is 1. The second-order valence-electron chi connectivity index (χ2n) is 6.07. The van der Waals surface area contributed by atoms with E-state index in [1.54, 1.807) is 4.90 Å². The van der Waals surface area contributed by atoms with Crippen LogP contribution in [0, 0.1) is 5.92 Å². The summed E-state index contributed by atoms with van der Waals surface area (Å²) < 4.78 is 0.